The summed E-state index contributed by atoms with van der Waals surface area (Å²) in [6.45, 7) is 7.02. The van der Waals surface area contributed by atoms with Gasteiger partial charge in [0.2, 0.25) is 11.8 Å². The second-order valence-corrected chi connectivity index (χ2v) is 16.8. The van der Waals surface area contributed by atoms with Crippen LogP contribution in [0.25, 0.3) is 28.0 Å². The number of carbonyl (C=O) groups is 4. The Labute approximate surface area is 368 Å². The van der Waals surface area contributed by atoms with Gasteiger partial charge in [0.05, 0.1) is 24.5 Å². The highest BCUT2D eigenvalue weighted by Gasteiger charge is 2.40. The van der Waals surface area contributed by atoms with Crippen molar-refractivity contribution in [3.63, 3.8) is 0 Å². The first-order chi connectivity index (χ1) is 30.8. The molecule has 2 fully saturated rings. The molecule has 5 heterocycles. The second-order valence-electron chi connectivity index (χ2n) is 16.8. The number of benzene rings is 3. The Morgan fingerprint density at radius 2 is 1.60 bits per heavy atom. The van der Waals surface area contributed by atoms with E-state index in [0.717, 1.165) is 112 Å². The molecule has 1 unspecified atom stereocenters. The van der Waals surface area contributed by atoms with Crippen LogP contribution in [0.1, 0.15) is 85.0 Å². The number of aliphatic hydroxyl groups is 1. The van der Waals surface area contributed by atoms with Crippen molar-refractivity contribution >= 4 is 35.1 Å². The Morgan fingerprint density at radius 3 is 2.38 bits per heavy atom. The molecule has 5 aromatic rings. The number of piperazine rings is 1. The van der Waals surface area contributed by atoms with Crippen LogP contribution in [0.4, 0.5) is 5.82 Å². The number of hydrogen-bond acceptors (Lipinski definition) is 10. The molecule has 1 atom stereocenters. The lowest BCUT2D eigenvalue weighted by Gasteiger charge is -2.35. The van der Waals surface area contributed by atoms with Gasteiger partial charge in [0, 0.05) is 74.0 Å². The van der Waals surface area contributed by atoms with Crippen molar-refractivity contribution in [2.75, 3.05) is 57.4 Å². The number of amides is 4. The molecular weight excluding hydrogens is 797 g/mol. The summed E-state index contributed by atoms with van der Waals surface area (Å²) >= 11 is 0. The molecule has 0 spiro atoms. The highest BCUT2D eigenvalue weighted by molar-refractivity contribution is 6.05. The number of aromatic nitrogens is 3. The number of fused-ring (bicyclic) bond motifs is 2. The normalized spacial score (nSPS) is 16.7. The molecule has 2 saturated heterocycles. The summed E-state index contributed by atoms with van der Waals surface area (Å²) in [6.07, 6.45) is 8.98. The third kappa shape index (κ3) is 10.1. The molecule has 2 aromatic heterocycles. The largest absolute Gasteiger partial charge is 0.483 e. The Bertz CT molecular complexity index is 2430. The highest BCUT2D eigenvalue weighted by Crippen LogP contribution is 2.36. The minimum absolute atomic E-state index is 0.167. The summed E-state index contributed by atoms with van der Waals surface area (Å²) < 4.78 is 7.89. The topological polar surface area (TPSA) is 162 Å². The summed E-state index contributed by atoms with van der Waals surface area (Å²) in [4.78, 5) is 61.2. The Kier molecular flexibility index (Phi) is 14.1. The lowest BCUT2D eigenvalue weighted by molar-refractivity contribution is -0.137. The molecule has 8 rings (SSSR count). The third-order valence-corrected chi connectivity index (χ3v) is 12.6. The first-order valence-electron chi connectivity index (χ1n) is 22.6. The van der Waals surface area contributed by atoms with Gasteiger partial charge in [0.25, 0.3) is 11.8 Å². The summed E-state index contributed by atoms with van der Waals surface area (Å²) in [5, 5.41) is 19.9. The van der Waals surface area contributed by atoms with Gasteiger partial charge in [0.1, 0.15) is 17.6 Å². The van der Waals surface area contributed by atoms with Crippen LogP contribution in [0.5, 0.6) is 5.75 Å². The van der Waals surface area contributed by atoms with Crippen molar-refractivity contribution in [2.45, 2.75) is 83.7 Å². The van der Waals surface area contributed by atoms with E-state index in [1.165, 1.54) is 16.0 Å². The predicted molar refractivity (Wildman–Crippen MR) is 241 cm³/mol. The van der Waals surface area contributed by atoms with Crippen LogP contribution in [-0.2, 0) is 27.3 Å². The minimum Gasteiger partial charge on any atom is -0.483 e. The number of hydrogen-bond donors (Lipinski definition) is 3. The maximum absolute atomic E-state index is 13.1. The van der Waals surface area contributed by atoms with E-state index in [1.54, 1.807) is 18.2 Å². The molecule has 3 aliphatic heterocycles. The van der Waals surface area contributed by atoms with E-state index in [-0.39, 0.29) is 50.3 Å². The van der Waals surface area contributed by atoms with Crippen molar-refractivity contribution in [1.82, 2.24) is 35.0 Å². The van der Waals surface area contributed by atoms with Crippen LogP contribution in [0.15, 0.2) is 78.9 Å². The molecule has 14 heteroatoms. The van der Waals surface area contributed by atoms with Crippen molar-refractivity contribution in [2.24, 2.45) is 0 Å². The summed E-state index contributed by atoms with van der Waals surface area (Å²) in [7, 11) is 0. The van der Waals surface area contributed by atoms with Crippen molar-refractivity contribution in [3.8, 4) is 28.1 Å². The molecule has 0 aliphatic carbocycles. The first-order valence-corrected chi connectivity index (χ1v) is 22.6. The molecule has 330 valence electrons. The van der Waals surface area contributed by atoms with Crippen LogP contribution < -0.4 is 20.3 Å². The lowest BCUT2D eigenvalue weighted by atomic mass is 9.95. The molecule has 0 bridgehead atoms. The van der Waals surface area contributed by atoms with Gasteiger partial charge in [-0.15, -0.1) is 0 Å². The molecule has 3 aromatic carbocycles. The van der Waals surface area contributed by atoms with Gasteiger partial charge in [0.15, 0.2) is 12.3 Å². The first kappa shape index (κ1) is 43.5. The Morgan fingerprint density at radius 1 is 0.873 bits per heavy atom. The number of β-amino-alcohol motifs (C(OH)–C–C–N with tert-alkyl or cyclic N) is 1. The number of aliphatic hydroxyl groups excluding tert-OH is 1. The summed E-state index contributed by atoms with van der Waals surface area (Å²) in [5.74, 6) is 0.197. The number of piperidine rings is 1. The van der Waals surface area contributed by atoms with Gasteiger partial charge in [-0.25, -0.2) is 4.98 Å². The van der Waals surface area contributed by atoms with Crippen molar-refractivity contribution in [1.29, 1.82) is 0 Å². The van der Waals surface area contributed by atoms with Gasteiger partial charge >= 0.3 is 0 Å². The molecule has 14 nitrogen and oxygen atoms in total. The number of anilines is 1. The standard InChI is InChI=1S/C49H58N8O6/c1-34-46(47-51-40(36-17-9-7-10-18-36)31-45(57(47)53-34)55-27-25-54(26-28-55)29-30-58)37-19-12-11-16-35(37)15-8-5-3-2-4-6-13-24-50-44(60)33-63-42-21-14-20-38-39(42)32-56(49(38)62)41-22-23-43(59)52-48(41)61/h7,9-12,14,16-21,31,41,58H,2-6,8,13,15,22-30,32-33H2,1H3,(H,50,60)(H,52,59,61). The van der Waals surface area contributed by atoms with E-state index in [2.05, 4.69) is 82.0 Å². The number of carbonyl (C=O) groups excluding carboxylic acids is 4. The van der Waals surface area contributed by atoms with E-state index in [1.807, 2.05) is 10.6 Å². The average molecular weight is 855 g/mol. The number of nitrogens with one attached hydrogen (secondary N) is 2. The quantitative estimate of drug-likeness (QED) is 0.0693. The van der Waals surface area contributed by atoms with Crippen LogP contribution >= 0.6 is 0 Å². The molecule has 3 N–H and O–H groups in total. The number of aryl methyl sites for hydroxylation is 2. The van der Waals surface area contributed by atoms with E-state index < -0.39 is 11.9 Å². The Balaban J connectivity index is 0.787. The number of imide groups is 1. The monoisotopic (exact) mass is 854 g/mol. The SMILES string of the molecule is Cc1nn2c(N3CCN(CCO)CC3)cc(-c3ccccc3)nc2c1-c1ccccc1CCCCCCCCCNC(=O)COc1cccc2c1CN(C1CCC(=O)NC1=O)C2=O. The van der Waals surface area contributed by atoms with Crippen LogP contribution in [0, 0.1) is 6.92 Å². The molecule has 3 aliphatic rings. The maximum atomic E-state index is 13.1. The molecular formula is C49H58N8O6. The van der Waals surface area contributed by atoms with Gasteiger partial charge in [-0.05, 0) is 55.9 Å². The number of ether oxygens (including phenoxy) is 1. The van der Waals surface area contributed by atoms with Crippen LogP contribution in [-0.4, -0.2) is 112 Å². The molecule has 63 heavy (non-hydrogen) atoms. The molecule has 0 saturated carbocycles. The predicted octanol–water partition coefficient (Wildman–Crippen LogP) is 5.72. The number of rotatable bonds is 19. The maximum Gasteiger partial charge on any atom is 0.257 e. The van der Waals surface area contributed by atoms with Crippen LogP contribution in [0.2, 0.25) is 0 Å². The molecule has 0 radical (unpaired) electrons. The molecule has 4 amide bonds. The van der Waals surface area contributed by atoms with E-state index in [4.69, 9.17) is 14.8 Å². The zero-order chi connectivity index (χ0) is 43.7. The zero-order valence-corrected chi connectivity index (χ0v) is 36.2. The smallest absolute Gasteiger partial charge is 0.257 e. The van der Waals surface area contributed by atoms with E-state index in [9.17, 15) is 24.3 Å². The van der Waals surface area contributed by atoms with Gasteiger partial charge in [-0.1, -0.05) is 92.8 Å². The van der Waals surface area contributed by atoms with E-state index in [0.29, 0.717) is 30.0 Å². The van der Waals surface area contributed by atoms with Gasteiger partial charge in [-0.3, -0.25) is 29.4 Å². The van der Waals surface area contributed by atoms with Gasteiger partial charge < -0.3 is 25.0 Å². The van der Waals surface area contributed by atoms with E-state index >= 15 is 0 Å². The lowest BCUT2D eigenvalue weighted by Crippen LogP contribution is -2.52. The highest BCUT2D eigenvalue weighted by atomic mass is 16.5. The van der Waals surface area contributed by atoms with Crippen LogP contribution in [0.3, 0.4) is 0 Å². The second kappa shape index (κ2) is 20.4. The number of nitrogens with zero attached hydrogens (tertiary/aromatic N) is 6. The van der Waals surface area contributed by atoms with Crippen molar-refractivity contribution < 1.29 is 29.0 Å². The van der Waals surface area contributed by atoms with Crippen molar-refractivity contribution in [3.05, 3.63) is 101 Å². The third-order valence-electron chi connectivity index (χ3n) is 12.6. The summed E-state index contributed by atoms with van der Waals surface area (Å²) in [5.41, 5.74) is 8.51. The fraction of sp³-hybridized carbons (Fsp3) is 0.429. The zero-order valence-electron chi connectivity index (χ0n) is 36.2. The summed E-state index contributed by atoms with van der Waals surface area (Å²) in [6, 6.07) is 25.6. The Hall–Kier alpha value is -6.12. The fourth-order valence-corrected chi connectivity index (χ4v) is 9.17. The number of unbranched alkanes of at least 4 members (excludes halogenated alkanes) is 6. The van der Waals surface area contributed by atoms with Gasteiger partial charge in [-0.2, -0.15) is 9.61 Å². The average Bonchev–Trinajstić information content (AvgIpc) is 3.82. The fourth-order valence-electron chi connectivity index (χ4n) is 9.17. The minimum atomic E-state index is -0.708.